The molecule has 1 heterocycles. The number of hydrogen-bond donors (Lipinski definition) is 2. The number of carbonyl (C=O) groups excluding carboxylic acids is 1. The number of urea groups is 1. The summed E-state index contributed by atoms with van der Waals surface area (Å²) in [6.07, 6.45) is 3.31. The summed E-state index contributed by atoms with van der Waals surface area (Å²) in [5, 5.41) is 11.2. The maximum atomic E-state index is 11.8. The highest BCUT2D eigenvalue weighted by atomic mass is 16.4. The van der Waals surface area contributed by atoms with Gasteiger partial charge in [-0.15, -0.1) is 0 Å². The molecule has 0 saturated carbocycles. The van der Waals surface area contributed by atoms with Gasteiger partial charge in [0.05, 0.1) is 0 Å². The lowest BCUT2D eigenvalue weighted by Crippen LogP contribution is -2.46. The number of carboxylic acid groups (broad SMARTS) is 1. The van der Waals surface area contributed by atoms with Crippen LogP contribution in [0.25, 0.3) is 0 Å². The first kappa shape index (κ1) is 14.0. The van der Waals surface area contributed by atoms with Crippen molar-refractivity contribution >= 4 is 12.0 Å². The van der Waals surface area contributed by atoms with Gasteiger partial charge in [-0.2, -0.15) is 0 Å². The van der Waals surface area contributed by atoms with Crippen LogP contribution in [0, 0.1) is 0 Å². The lowest BCUT2D eigenvalue weighted by Gasteiger charge is -2.22. The third kappa shape index (κ3) is 4.04. The molecular formula is C12H17N3O3. The number of amides is 2. The number of aliphatic carboxylic acids is 1. The van der Waals surface area contributed by atoms with Crippen LogP contribution in [0.1, 0.15) is 19.4 Å². The summed E-state index contributed by atoms with van der Waals surface area (Å²) in [7, 11) is 0. The molecule has 6 nitrogen and oxygen atoms in total. The van der Waals surface area contributed by atoms with Crippen molar-refractivity contribution in [2.45, 2.75) is 26.4 Å². The van der Waals surface area contributed by atoms with E-state index in [4.69, 9.17) is 5.11 Å². The SMILES string of the molecule is CCN(Cc1ccncc1)C(=O)NC(C)C(=O)O. The number of rotatable bonds is 5. The average molecular weight is 251 g/mol. The van der Waals surface area contributed by atoms with Crippen LogP contribution in [-0.4, -0.2) is 39.6 Å². The first-order valence-electron chi connectivity index (χ1n) is 5.71. The van der Waals surface area contributed by atoms with Crippen LogP contribution in [0.3, 0.4) is 0 Å². The van der Waals surface area contributed by atoms with E-state index in [-0.39, 0.29) is 6.03 Å². The zero-order valence-electron chi connectivity index (χ0n) is 10.5. The van der Waals surface area contributed by atoms with Crippen LogP contribution in [0.2, 0.25) is 0 Å². The van der Waals surface area contributed by atoms with Gasteiger partial charge in [-0.25, -0.2) is 4.79 Å². The number of pyridine rings is 1. The molecule has 0 aliphatic carbocycles. The Hall–Kier alpha value is -2.11. The van der Waals surface area contributed by atoms with Crippen molar-refractivity contribution in [2.75, 3.05) is 6.54 Å². The Morgan fingerprint density at radius 1 is 1.44 bits per heavy atom. The van der Waals surface area contributed by atoms with E-state index in [1.165, 1.54) is 11.8 Å². The first-order chi connectivity index (χ1) is 8.54. The fraction of sp³-hybridized carbons (Fsp3) is 0.417. The second-order valence-electron chi connectivity index (χ2n) is 3.88. The van der Waals surface area contributed by atoms with Gasteiger partial charge in [-0.1, -0.05) is 0 Å². The molecule has 2 N–H and O–H groups in total. The number of hydrogen-bond acceptors (Lipinski definition) is 3. The molecule has 98 valence electrons. The van der Waals surface area contributed by atoms with Crippen LogP contribution in [-0.2, 0) is 11.3 Å². The Bertz CT molecular complexity index is 408. The summed E-state index contributed by atoms with van der Waals surface area (Å²) in [4.78, 5) is 27.9. The van der Waals surface area contributed by atoms with E-state index in [2.05, 4.69) is 10.3 Å². The van der Waals surface area contributed by atoms with E-state index in [0.717, 1.165) is 5.56 Å². The van der Waals surface area contributed by atoms with Crippen molar-refractivity contribution in [3.63, 3.8) is 0 Å². The summed E-state index contributed by atoms with van der Waals surface area (Å²) >= 11 is 0. The lowest BCUT2D eigenvalue weighted by atomic mass is 10.2. The van der Waals surface area contributed by atoms with Crippen molar-refractivity contribution in [1.29, 1.82) is 0 Å². The Balaban J connectivity index is 2.61. The maximum Gasteiger partial charge on any atom is 0.325 e. The van der Waals surface area contributed by atoms with Crippen molar-refractivity contribution in [1.82, 2.24) is 15.2 Å². The van der Waals surface area contributed by atoms with Gasteiger partial charge >= 0.3 is 12.0 Å². The summed E-state index contributed by atoms with van der Waals surface area (Å²) in [6.45, 7) is 4.20. The molecule has 0 spiro atoms. The molecule has 0 radical (unpaired) electrons. The molecule has 0 aliphatic rings. The van der Waals surface area contributed by atoms with Crippen LogP contribution < -0.4 is 5.32 Å². The number of carboxylic acids is 1. The van der Waals surface area contributed by atoms with Gasteiger partial charge in [0.15, 0.2) is 0 Å². The highest BCUT2D eigenvalue weighted by molar-refractivity contribution is 5.82. The average Bonchev–Trinajstić information content (AvgIpc) is 2.36. The molecule has 0 aliphatic heterocycles. The topological polar surface area (TPSA) is 82.5 Å². The molecule has 0 saturated heterocycles. The third-order valence-corrected chi connectivity index (χ3v) is 2.50. The first-order valence-corrected chi connectivity index (χ1v) is 5.71. The fourth-order valence-electron chi connectivity index (χ4n) is 1.37. The molecule has 1 aromatic rings. The molecule has 1 atom stereocenters. The molecule has 0 bridgehead atoms. The highest BCUT2D eigenvalue weighted by Crippen LogP contribution is 2.03. The summed E-state index contributed by atoms with van der Waals surface area (Å²) in [6, 6.07) is 2.35. The van der Waals surface area contributed by atoms with Gasteiger partial charge in [-0.05, 0) is 31.5 Å². The van der Waals surface area contributed by atoms with Crippen molar-refractivity contribution in [3.8, 4) is 0 Å². The van der Waals surface area contributed by atoms with Crippen molar-refractivity contribution in [2.24, 2.45) is 0 Å². The van der Waals surface area contributed by atoms with Gasteiger partial charge < -0.3 is 15.3 Å². The predicted molar refractivity (Wildman–Crippen MR) is 66.0 cm³/mol. The maximum absolute atomic E-state index is 11.8. The van der Waals surface area contributed by atoms with Gasteiger partial charge in [0.1, 0.15) is 6.04 Å². The van der Waals surface area contributed by atoms with E-state index in [1.807, 2.05) is 19.1 Å². The van der Waals surface area contributed by atoms with Gasteiger partial charge in [0, 0.05) is 25.5 Å². The van der Waals surface area contributed by atoms with Crippen molar-refractivity contribution in [3.05, 3.63) is 30.1 Å². The minimum atomic E-state index is -1.05. The Labute approximate surface area is 106 Å². The number of nitrogens with zero attached hydrogens (tertiary/aromatic N) is 2. The number of nitrogens with one attached hydrogen (secondary N) is 1. The minimum absolute atomic E-state index is 0.385. The molecule has 0 fully saturated rings. The molecule has 0 aromatic carbocycles. The van der Waals surface area contributed by atoms with Gasteiger partial charge in [0.2, 0.25) is 0 Å². The fourth-order valence-corrected chi connectivity index (χ4v) is 1.37. The molecule has 6 heteroatoms. The van der Waals surface area contributed by atoms with Gasteiger partial charge in [-0.3, -0.25) is 9.78 Å². The van der Waals surface area contributed by atoms with E-state index in [9.17, 15) is 9.59 Å². The largest absolute Gasteiger partial charge is 0.480 e. The minimum Gasteiger partial charge on any atom is -0.480 e. The predicted octanol–water partition coefficient (Wildman–Crippen LogP) is 1.09. The monoisotopic (exact) mass is 251 g/mol. The third-order valence-electron chi connectivity index (χ3n) is 2.50. The normalized spacial score (nSPS) is 11.7. The van der Waals surface area contributed by atoms with Crippen LogP contribution in [0.5, 0.6) is 0 Å². The van der Waals surface area contributed by atoms with Crippen LogP contribution >= 0.6 is 0 Å². The quantitative estimate of drug-likeness (QED) is 0.820. The van der Waals surface area contributed by atoms with E-state index < -0.39 is 12.0 Å². The van der Waals surface area contributed by atoms with E-state index >= 15 is 0 Å². The second kappa shape index (κ2) is 6.58. The molecule has 18 heavy (non-hydrogen) atoms. The summed E-state index contributed by atoms with van der Waals surface area (Å²) in [5.41, 5.74) is 0.949. The number of carbonyl (C=O) groups is 2. The molecule has 1 aromatic heterocycles. The molecule has 1 rings (SSSR count). The number of aromatic nitrogens is 1. The van der Waals surface area contributed by atoms with Crippen molar-refractivity contribution < 1.29 is 14.7 Å². The Morgan fingerprint density at radius 2 is 2.06 bits per heavy atom. The summed E-state index contributed by atoms with van der Waals surface area (Å²) < 4.78 is 0. The van der Waals surface area contributed by atoms with Crippen LogP contribution in [0.4, 0.5) is 4.79 Å². The Morgan fingerprint density at radius 3 is 2.56 bits per heavy atom. The smallest absolute Gasteiger partial charge is 0.325 e. The van der Waals surface area contributed by atoms with E-state index in [0.29, 0.717) is 13.1 Å². The zero-order chi connectivity index (χ0) is 13.5. The van der Waals surface area contributed by atoms with Crippen LogP contribution in [0.15, 0.2) is 24.5 Å². The van der Waals surface area contributed by atoms with E-state index in [1.54, 1.807) is 12.4 Å². The standard InChI is InChI=1S/C12H17N3O3/c1-3-15(8-10-4-6-13-7-5-10)12(18)14-9(2)11(16)17/h4-7,9H,3,8H2,1-2H3,(H,14,18)(H,16,17). The second-order valence-corrected chi connectivity index (χ2v) is 3.88. The lowest BCUT2D eigenvalue weighted by molar-refractivity contribution is -0.138. The molecular weight excluding hydrogens is 234 g/mol. The highest BCUT2D eigenvalue weighted by Gasteiger charge is 2.18. The van der Waals surface area contributed by atoms with Gasteiger partial charge in [0.25, 0.3) is 0 Å². The summed E-state index contributed by atoms with van der Waals surface area (Å²) in [5.74, 6) is -1.05. The molecule has 1 unspecified atom stereocenters. The Kier molecular flexibility index (Phi) is 5.10. The molecule has 2 amide bonds. The zero-order valence-corrected chi connectivity index (χ0v) is 10.5.